The standard InChI is InChI=1S/C11H17NO4/c1-8(2)15-6-4-12-7-10-9(11(13)14)3-5-16-10/h3,5,8,12H,4,6-7H2,1-2H3,(H,13,14). The van der Waals surface area contributed by atoms with E-state index in [9.17, 15) is 4.79 Å². The molecule has 5 nitrogen and oxygen atoms in total. The Morgan fingerprint density at radius 1 is 1.62 bits per heavy atom. The molecule has 0 aliphatic rings. The van der Waals surface area contributed by atoms with Gasteiger partial charge in [0.15, 0.2) is 0 Å². The summed E-state index contributed by atoms with van der Waals surface area (Å²) in [5.41, 5.74) is 0.206. The van der Waals surface area contributed by atoms with E-state index in [0.29, 0.717) is 25.5 Å². The second-order valence-electron chi connectivity index (χ2n) is 3.66. The number of aromatic carboxylic acids is 1. The molecule has 0 radical (unpaired) electrons. The van der Waals surface area contributed by atoms with Gasteiger partial charge in [-0.2, -0.15) is 0 Å². The van der Waals surface area contributed by atoms with Crippen LogP contribution in [0.5, 0.6) is 0 Å². The van der Waals surface area contributed by atoms with Crippen LogP contribution in [-0.2, 0) is 11.3 Å². The Morgan fingerprint density at radius 3 is 3.00 bits per heavy atom. The quantitative estimate of drug-likeness (QED) is 0.690. The molecule has 5 heteroatoms. The molecule has 0 amide bonds. The molecule has 1 aromatic heterocycles. The largest absolute Gasteiger partial charge is 0.478 e. The Morgan fingerprint density at radius 2 is 2.38 bits per heavy atom. The fraction of sp³-hybridized carbons (Fsp3) is 0.545. The fourth-order valence-electron chi connectivity index (χ4n) is 1.24. The molecular weight excluding hydrogens is 210 g/mol. The first kappa shape index (κ1) is 12.7. The SMILES string of the molecule is CC(C)OCCNCc1occc1C(=O)O. The van der Waals surface area contributed by atoms with Crippen molar-refractivity contribution in [1.29, 1.82) is 0 Å². The van der Waals surface area contributed by atoms with Crippen LogP contribution in [0.25, 0.3) is 0 Å². The summed E-state index contributed by atoms with van der Waals surface area (Å²) < 4.78 is 10.4. The lowest BCUT2D eigenvalue weighted by atomic mass is 10.2. The summed E-state index contributed by atoms with van der Waals surface area (Å²) in [4.78, 5) is 10.7. The van der Waals surface area contributed by atoms with Gasteiger partial charge in [-0.15, -0.1) is 0 Å². The van der Waals surface area contributed by atoms with Crippen LogP contribution in [0.4, 0.5) is 0 Å². The maximum atomic E-state index is 10.7. The van der Waals surface area contributed by atoms with Crippen LogP contribution in [0, 0.1) is 0 Å². The van der Waals surface area contributed by atoms with Crippen molar-refractivity contribution in [2.45, 2.75) is 26.5 Å². The van der Waals surface area contributed by atoms with E-state index in [1.807, 2.05) is 13.8 Å². The van der Waals surface area contributed by atoms with Crippen molar-refractivity contribution >= 4 is 5.97 Å². The van der Waals surface area contributed by atoms with Gasteiger partial charge >= 0.3 is 5.97 Å². The summed E-state index contributed by atoms with van der Waals surface area (Å²) in [6.45, 7) is 5.60. The normalized spacial score (nSPS) is 10.9. The molecule has 0 bridgehead atoms. The highest BCUT2D eigenvalue weighted by Gasteiger charge is 2.12. The van der Waals surface area contributed by atoms with Crippen LogP contribution in [-0.4, -0.2) is 30.3 Å². The van der Waals surface area contributed by atoms with E-state index in [-0.39, 0.29) is 11.7 Å². The Bertz CT molecular complexity index is 332. The summed E-state index contributed by atoms with van der Waals surface area (Å²) in [7, 11) is 0. The van der Waals surface area contributed by atoms with Crippen molar-refractivity contribution in [3.05, 3.63) is 23.7 Å². The van der Waals surface area contributed by atoms with Crippen LogP contribution in [0.15, 0.2) is 16.7 Å². The molecular formula is C11H17NO4. The predicted molar refractivity (Wildman–Crippen MR) is 58.5 cm³/mol. The molecule has 0 atom stereocenters. The van der Waals surface area contributed by atoms with Crippen molar-refractivity contribution in [2.75, 3.05) is 13.2 Å². The second-order valence-corrected chi connectivity index (χ2v) is 3.66. The molecule has 16 heavy (non-hydrogen) atoms. The number of hydrogen-bond acceptors (Lipinski definition) is 4. The first-order valence-corrected chi connectivity index (χ1v) is 5.23. The van der Waals surface area contributed by atoms with E-state index in [4.69, 9.17) is 14.3 Å². The lowest BCUT2D eigenvalue weighted by molar-refractivity contribution is 0.0694. The van der Waals surface area contributed by atoms with Crippen molar-refractivity contribution in [3.8, 4) is 0 Å². The van der Waals surface area contributed by atoms with Gasteiger partial charge in [-0.05, 0) is 19.9 Å². The minimum absolute atomic E-state index is 0.206. The number of carboxylic acids is 1. The van der Waals surface area contributed by atoms with Crippen LogP contribution in [0.3, 0.4) is 0 Å². The van der Waals surface area contributed by atoms with Gasteiger partial charge in [-0.3, -0.25) is 0 Å². The highest BCUT2D eigenvalue weighted by atomic mass is 16.5. The molecule has 0 saturated carbocycles. The smallest absolute Gasteiger partial charge is 0.339 e. The molecule has 1 aromatic rings. The molecule has 0 aliphatic carbocycles. The maximum Gasteiger partial charge on any atom is 0.339 e. The highest BCUT2D eigenvalue weighted by Crippen LogP contribution is 2.09. The molecule has 1 rings (SSSR count). The highest BCUT2D eigenvalue weighted by molar-refractivity contribution is 5.88. The Balaban J connectivity index is 2.27. The van der Waals surface area contributed by atoms with Gasteiger partial charge in [0.1, 0.15) is 11.3 Å². The second kappa shape index (κ2) is 6.30. The number of furan rings is 1. The molecule has 0 aromatic carbocycles. The third-order valence-electron chi connectivity index (χ3n) is 1.99. The van der Waals surface area contributed by atoms with Gasteiger partial charge in [-0.25, -0.2) is 4.79 Å². The minimum atomic E-state index is -0.969. The number of rotatable bonds is 7. The van der Waals surface area contributed by atoms with Crippen molar-refractivity contribution in [2.24, 2.45) is 0 Å². The van der Waals surface area contributed by atoms with E-state index in [0.717, 1.165) is 0 Å². The van der Waals surface area contributed by atoms with Crippen LogP contribution < -0.4 is 5.32 Å². The third kappa shape index (κ3) is 4.04. The summed E-state index contributed by atoms with van der Waals surface area (Å²) >= 11 is 0. The van der Waals surface area contributed by atoms with Gasteiger partial charge in [0, 0.05) is 6.54 Å². The molecule has 0 saturated heterocycles. The van der Waals surface area contributed by atoms with Gasteiger partial charge < -0.3 is 19.6 Å². The molecule has 0 unspecified atom stereocenters. The van der Waals surface area contributed by atoms with Crippen molar-refractivity contribution in [1.82, 2.24) is 5.32 Å². The zero-order valence-electron chi connectivity index (χ0n) is 9.53. The van der Waals surface area contributed by atoms with E-state index in [1.165, 1.54) is 12.3 Å². The van der Waals surface area contributed by atoms with Crippen LogP contribution in [0.1, 0.15) is 30.0 Å². The Kier molecular flexibility index (Phi) is 5.01. The summed E-state index contributed by atoms with van der Waals surface area (Å²) in [6, 6.07) is 1.45. The predicted octanol–water partition coefficient (Wildman–Crippen LogP) is 1.49. The van der Waals surface area contributed by atoms with Gasteiger partial charge in [0.2, 0.25) is 0 Å². The number of carboxylic acid groups (broad SMARTS) is 1. The first-order valence-electron chi connectivity index (χ1n) is 5.23. The number of carbonyl (C=O) groups is 1. The first-order chi connectivity index (χ1) is 7.61. The lowest BCUT2D eigenvalue weighted by Crippen LogP contribution is -2.21. The van der Waals surface area contributed by atoms with E-state index in [2.05, 4.69) is 5.32 Å². The van der Waals surface area contributed by atoms with Crippen LogP contribution >= 0.6 is 0 Å². The molecule has 1 heterocycles. The average molecular weight is 227 g/mol. The van der Waals surface area contributed by atoms with Gasteiger partial charge in [0.25, 0.3) is 0 Å². The Labute approximate surface area is 94.4 Å². The van der Waals surface area contributed by atoms with E-state index < -0.39 is 5.97 Å². The Hall–Kier alpha value is -1.33. The zero-order valence-corrected chi connectivity index (χ0v) is 9.53. The topological polar surface area (TPSA) is 71.7 Å². The number of ether oxygens (including phenoxy) is 1. The van der Waals surface area contributed by atoms with E-state index in [1.54, 1.807) is 0 Å². The summed E-state index contributed by atoms with van der Waals surface area (Å²) in [5, 5.41) is 11.9. The molecule has 90 valence electrons. The summed E-state index contributed by atoms with van der Waals surface area (Å²) in [5.74, 6) is -0.527. The average Bonchev–Trinajstić information content (AvgIpc) is 2.65. The van der Waals surface area contributed by atoms with E-state index >= 15 is 0 Å². The van der Waals surface area contributed by atoms with Crippen LogP contribution in [0.2, 0.25) is 0 Å². The monoisotopic (exact) mass is 227 g/mol. The molecule has 2 N–H and O–H groups in total. The maximum absolute atomic E-state index is 10.7. The minimum Gasteiger partial charge on any atom is -0.478 e. The summed E-state index contributed by atoms with van der Waals surface area (Å²) in [6.07, 6.45) is 1.59. The van der Waals surface area contributed by atoms with Crippen molar-refractivity contribution in [3.63, 3.8) is 0 Å². The molecule has 0 spiro atoms. The third-order valence-corrected chi connectivity index (χ3v) is 1.99. The number of nitrogens with one attached hydrogen (secondary N) is 1. The van der Waals surface area contributed by atoms with Gasteiger partial charge in [0.05, 0.1) is 25.5 Å². The number of hydrogen-bond donors (Lipinski definition) is 2. The molecule has 0 aliphatic heterocycles. The lowest BCUT2D eigenvalue weighted by Gasteiger charge is -2.07. The fourth-order valence-corrected chi connectivity index (χ4v) is 1.24. The zero-order chi connectivity index (χ0) is 12.0. The van der Waals surface area contributed by atoms with Gasteiger partial charge in [-0.1, -0.05) is 0 Å². The molecule has 0 fully saturated rings. The van der Waals surface area contributed by atoms with Crippen molar-refractivity contribution < 1.29 is 19.1 Å².